The number of benzene rings is 1. The van der Waals surface area contributed by atoms with Crippen molar-refractivity contribution in [3.8, 4) is 0 Å². The van der Waals surface area contributed by atoms with Gasteiger partial charge in [-0.15, -0.1) is 0 Å². The molecule has 2 N–H and O–H groups in total. The zero-order chi connectivity index (χ0) is 12.4. The van der Waals surface area contributed by atoms with E-state index in [1.54, 1.807) is 0 Å². The van der Waals surface area contributed by atoms with E-state index >= 15 is 0 Å². The van der Waals surface area contributed by atoms with E-state index in [9.17, 15) is 18.7 Å². The summed E-state index contributed by atoms with van der Waals surface area (Å²) >= 11 is 0. The number of likely N-dealkylation sites (tertiary alicyclic amines) is 1. The number of amides is 2. The lowest BCUT2D eigenvalue weighted by Gasteiger charge is -2.16. The van der Waals surface area contributed by atoms with Crippen molar-refractivity contribution in [1.29, 1.82) is 0 Å². The van der Waals surface area contributed by atoms with Gasteiger partial charge in [-0.1, -0.05) is 0 Å². The lowest BCUT2D eigenvalue weighted by Crippen LogP contribution is -2.33. The summed E-state index contributed by atoms with van der Waals surface area (Å²) < 4.78 is 25.7. The van der Waals surface area contributed by atoms with Crippen LogP contribution >= 0.6 is 0 Å². The van der Waals surface area contributed by atoms with Gasteiger partial charge in [0.1, 0.15) is 11.6 Å². The van der Waals surface area contributed by atoms with E-state index in [2.05, 4.69) is 5.32 Å². The zero-order valence-electron chi connectivity index (χ0n) is 8.99. The van der Waals surface area contributed by atoms with Crippen molar-refractivity contribution in [1.82, 2.24) is 4.90 Å². The Morgan fingerprint density at radius 2 is 2.00 bits per heavy atom. The summed E-state index contributed by atoms with van der Waals surface area (Å²) in [5, 5.41) is 11.6. The average molecular weight is 242 g/mol. The van der Waals surface area contributed by atoms with E-state index in [4.69, 9.17) is 0 Å². The second-order valence-electron chi connectivity index (χ2n) is 3.98. The molecule has 0 aliphatic carbocycles. The molecule has 0 bridgehead atoms. The van der Waals surface area contributed by atoms with Crippen LogP contribution < -0.4 is 5.32 Å². The molecule has 1 saturated heterocycles. The third-order valence-corrected chi connectivity index (χ3v) is 2.56. The summed E-state index contributed by atoms with van der Waals surface area (Å²) in [7, 11) is 0. The van der Waals surface area contributed by atoms with Gasteiger partial charge in [-0.3, -0.25) is 0 Å². The number of carbonyl (C=O) groups excluding carboxylic acids is 1. The molecule has 0 unspecified atom stereocenters. The van der Waals surface area contributed by atoms with Crippen LogP contribution in [0.2, 0.25) is 0 Å². The van der Waals surface area contributed by atoms with Gasteiger partial charge in [0.25, 0.3) is 0 Å². The highest BCUT2D eigenvalue weighted by Crippen LogP contribution is 2.15. The molecule has 17 heavy (non-hydrogen) atoms. The maximum absolute atomic E-state index is 12.9. The lowest BCUT2D eigenvalue weighted by atomic mass is 10.3. The quantitative estimate of drug-likeness (QED) is 0.785. The molecule has 1 fully saturated rings. The molecular weight excluding hydrogens is 230 g/mol. The largest absolute Gasteiger partial charge is 0.391 e. The summed E-state index contributed by atoms with van der Waals surface area (Å²) in [6, 6.07) is 2.34. The van der Waals surface area contributed by atoms with Crippen LogP contribution in [0, 0.1) is 11.6 Å². The predicted molar refractivity (Wildman–Crippen MR) is 57.6 cm³/mol. The first-order valence-corrected chi connectivity index (χ1v) is 5.24. The number of aliphatic hydroxyl groups excluding tert-OH is 1. The number of aliphatic hydroxyl groups is 1. The molecule has 1 heterocycles. The van der Waals surface area contributed by atoms with Gasteiger partial charge in [0.15, 0.2) is 0 Å². The summed E-state index contributed by atoms with van der Waals surface area (Å²) in [6.07, 6.45) is -0.00437. The zero-order valence-corrected chi connectivity index (χ0v) is 8.99. The van der Waals surface area contributed by atoms with Gasteiger partial charge >= 0.3 is 6.03 Å². The van der Waals surface area contributed by atoms with Gasteiger partial charge in [0.2, 0.25) is 0 Å². The van der Waals surface area contributed by atoms with Crippen LogP contribution in [-0.4, -0.2) is 35.2 Å². The third kappa shape index (κ3) is 2.91. The van der Waals surface area contributed by atoms with Crippen molar-refractivity contribution in [2.24, 2.45) is 0 Å². The first-order valence-electron chi connectivity index (χ1n) is 5.24. The minimum Gasteiger partial charge on any atom is -0.391 e. The number of rotatable bonds is 1. The first kappa shape index (κ1) is 11.8. The number of urea groups is 1. The highest BCUT2D eigenvalue weighted by Gasteiger charge is 2.24. The molecule has 1 aromatic rings. The van der Waals surface area contributed by atoms with Gasteiger partial charge in [0, 0.05) is 24.8 Å². The number of halogens is 2. The summed E-state index contributed by atoms with van der Waals surface area (Å²) in [4.78, 5) is 13.0. The molecule has 1 aromatic carbocycles. The fourth-order valence-corrected chi connectivity index (χ4v) is 1.75. The Labute approximate surface area is 96.8 Å². The van der Waals surface area contributed by atoms with Crippen LogP contribution in [0.1, 0.15) is 6.42 Å². The molecule has 1 aliphatic rings. The number of nitrogens with zero attached hydrogens (tertiary/aromatic N) is 1. The monoisotopic (exact) mass is 242 g/mol. The Hall–Kier alpha value is -1.69. The SMILES string of the molecule is O=C(Nc1cc(F)cc(F)c1)N1CC[C@H](O)C1. The highest BCUT2D eigenvalue weighted by atomic mass is 19.1. The highest BCUT2D eigenvalue weighted by molar-refractivity contribution is 5.89. The molecule has 0 aromatic heterocycles. The molecule has 4 nitrogen and oxygen atoms in total. The van der Waals surface area contributed by atoms with Gasteiger partial charge < -0.3 is 15.3 Å². The fourth-order valence-electron chi connectivity index (χ4n) is 1.75. The number of hydrogen-bond acceptors (Lipinski definition) is 2. The van der Waals surface area contributed by atoms with Gasteiger partial charge in [-0.2, -0.15) is 0 Å². The third-order valence-electron chi connectivity index (χ3n) is 2.56. The van der Waals surface area contributed by atoms with Gasteiger partial charge in [0.05, 0.1) is 6.10 Å². The second kappa shape index (κ2) is 4.67. The van der Waals surface area contributed by atoms with Crippen molar-refractivity contribution in [2.45, 2.75) is 12.5 Å². The van der Waals surface area contributed by atoms with Crippen LogP contribution in [0.4, 0.5) is 19.3 Å². The van der Waals surface area contributed by atoms with E-state index in [-0.39, 0.29) is 12.2 Å². The molecule has 2 amide bonds. The maximum Gasteiger partial charge on any atom is 0.321 e. The van der Waals surface area contributed by atoms with E-state index < -0.39 is 23.8 Å². The maximum atomic E-state index is 12.9. The molecule has 92 valence electrons. The molecular formula is C11H12F2N2O2. The molecule has 1 atom stereocenters. The van der Waals surface area contributed by atoms with Crippen LogP contribution in [0.25, 0.3) is 0 Å². The number of nitrogens with one attached hydrogen (secondary N) is 1. The molecule has 2 rings (SSSR count). The topological polar surface area (TPSA) is 52.6 Å². The molecule has 1 aliphatic heterocycles. The van der Waals surface area contributed by atoms with Crippen molar-refractivity contribution in [3.63, 3.8) is 0 Å². The van der Waals surface area contributed by atoms with Crippen molar-refractivity contribution in [2.75, 3.05) is 18.4 Å². The van der Waals surface area contributed by atoms with E-state index in [1.807, 2.05) is 0 Å². The fraction of sp³-hybridized carbons (Fsp3) is 0.364. The summed E-state index contributed by atoms with van der Waals surface area (Å²) in [6.45, 7) is 0.675. The van der Waals surface area contributed by atoms with E-state index in [1.165, 1.54) is 4.90 Å². The predicted octanol–water partition coefficient (Wildman–Crippen LogP) is 1.56. The van der Waals surface area contributed by atoms with Crippen molar-refractivity contribution >= 4 is 11.7 Å². The molecule has 0 spiro atoms. The van der Waals surface area contributed by atoms with E-state index in [0.717, 1.165) is 18.2 Å². The molecule has 0 radical (unpaired) electrons. The van der Waals surface area contributed by atoms with Gasteiger partial charge in [-0.25, -0.2) is 13.6 Å². The lowest BCUT2D eigenvalue weighted by molar-refractivity contribution is 0.176. The van der Waals surface area contributed by atoms with Crippen LogP contribution in [0.3, 0.4) is 0 Å². The van der Waals surface area contributed by atoms with Crippen molar-refractivity contribution in [3.05, 3.63) is 29.8 Å². The Morgan fingerprint density at radius 3 is 2.53 bits per heavy atom. The molecule has 0 saturated carbocycles. The number of carbonyl (C=O) groups is 1. The minimum absolute atomic E-state index is 0.0638. The Kier molecular flexibility index (Phi) is 3.23. The Morgan fingerprint density at radius 1 is 1.35 bits per heavy atom. The standard InChI is InChI=1S/C11H12F2N2O2/c12-7-3-8(13)5-9(4-7)14-11(17)15-2-1-10(16)6-15/h3-5,10,16H,1-2,6H2,(H,14,17)/t10-/m0/s1. The smallest absolute Gasteiger partial charge is 0.321 e. The Bertz CT molecular complexity index is 419. The normalized spacial score (nSPS) is 19.5. The van der Waals surface area contributed by atoms with E-state index in [0.29, 0.717) is 13.0 Å². The average Bonchev–Trinajstić information content (AvgIpc) is 2.63. The summed E-state index contributed by atoms with van der Waals surface area (Å²) in [5.41, 5.74) is 0.0638. The van der Waals surface area contributed by atoms with Gasteiger partial charge in [-0.05, 0) is 18.6 Å². The number of β-amino-alcohol motifs (C(OH)–C–C–N with tert-alkyl or cyclic N) is 1. The number of anilines is 1. The minimum atomic E-state index is -0.748. The second-order valence-corrected chi connectivity index (χ2v) is 3.98. The van der Waals surface area contributed by atoms with Crippen molar-refractivity contribution < 1.29 is 18.7 Å². The Balaban J connectivity index is 2.03. The van der Waals surface area contributed by atoms with Crippen LogP contribution in [0.5, 0.6) is 0 Å². The first-order chi connectivity index (χ1) is 8.04. The van der Waals surface area contributed by atoms with Crippen LogP contribution in [0.15, 0.2) is 18.2 Å². The summed E-state index contributed by atoms with van der Waals surface area (Å²) in [5.74, 6) is -1.50. The molecule has 6 heteroatoms. The van der Waals surface area contributed by atoms with Crippen LogP contribution in [-0.2, 0) is 0 Å². The number of hydrogen-bond donors (Lipinski definition) is 2.